The van der Waals surface area contributed by atoms with Crippen molar-refractivity contribution in [3.63, 3.8) is 0 Å². The molecular weight excluding hydrogens is 403 g/mol. The van der Waals surface area contributed by atoms with Gasteiger partial charge in [-0.2, -0.15) is 0 Å². The number of halogens is 1. The first-order valence-electron chi connectivity index (χ1n) is 9.37. The number of benzene rings is 2. The average molecular weight is 422 g/mol. The van der Waals surface area contributed by atoms with Crippen LogP contribution in [0.25, 0.3) is 17.4 Å². The second kappa shape index (κ2) is 8.59. The Hall–Kier alpha value is -3.32. The fourth-order valence-electron chi connectivity index (χ4n) is 2.99. The molecule has 5 nitrogen and oxygen atoms in total. The summed E-state index contributed by atoms with van der Waals surface area (Å²) in [5.41, 5.74) is 1.37. The molecule has 0 saturated carbocycles. The molecule has 152 valence electrons. The summed E-state index contributed by atoms with van der Waals surface area (Å²) < 4.78 is 24.4. The molecule has 7 heteroatoms. The fourth-order valence-corrected chi connectivity index (χ4v) is 4.04. The van der Waals surface area contributed by atoms with Crippen LogP contribution in [0.15, 0.2) is 75.0 Å². The Labute approximate surface area is 177 Å². The molecule has 0 atom stereocenters. The SMILES string of the molecule is CCN1C(=O)/C(=C\c2ccc(-c3cccc(F)c3)o2)SC1=Nc1ccc(OC)cc1. The first kappa shape index (κ1) is 20.0. The van der Waals surface area contributed by atoms with Gasteiger partial charge in [0.15, 0.2) is 5.17 Å². The van der Waals surface area contributed by atoms with Gasteiger partial charge in [-0.05, 0) is 67.2 Å². The molecule has 1 aromatic heterocycles. The van der Waals surface area contributed by atoms with Gasteiger partial charge in [0, 0.05) is 18.2 Å². The number of thioether (sulfide) groups is 1. The number of rotatable bonds is 5. The number of carbonyl (C=O) groups is 1. The van der Waals surface area contributed by atoms with E-state index in [1.54, 1.807) is 42.4 Å². The third-order valence-corrected chi connectivity index (χ3v) is 5.52. The lowest BCUT2D eigenvalue weighted by molar-refractivity contribution is -0.122. The highest BCUT2D eigenvalue weighted by atomic mass is 32.2. The number of methoxy groups -OCH3 is 1. The number of likely N-dealkylation sites (N-methyl/N-ethyl adjacent to an activating group) is 1. The van der Waals surface area contributed by atoms with Gasteiger partial charge < -0.3 is 9.15 Å². The van der Waals surface area contributed by atoms with Gasteiger partial charge in [0.1, 0.15) is 23.1 Å². The zero-order valence-electron chi connectivity index (χ0n) is 16.5. The van der Waals surface area contributed by atoms with Crippen LogP contribution in [0.5, 0.6) is 5.75 Å². The third-order valence-electron chi connectivity index (χ3n) is 4.51. The Morgan fingerprint density at radius 2 is 1.97 bits per heavy atom. The summed E-state index contributed by atoms with van der Waals surface area (Å²) in [6, 6.07) is 17.0. The molecule has 1 saturated heterocycles. The van der Waals surface area contributed by atoms with Crippen LogP contribution in [0, 0.1) is 5.82 Å². The fraction of sp³-hybridized carbons (Fsp3) is 0.130. The van der Waals surface area contributed by atoms with E-state index in [0.29, 0.717) is 33.7 Å². The van der Waals surface area contributed by atoms with Crippen molar-refractivity contribution in [2.75, 3.05) is 13.7 Å². The van der Waals surface area contributed by atoms with Crippen molar-refractivity contribution in [2.24, 2.45) is 4.99 Å². The van der Waals surface area contributed by atoms with Crippen LogP contribution < -0.4 is 4.74 Å². The van der Waals surface area contributed by atoms with Crippen LogP contribution in [-0.4, -0.2) is 29.6 Å². The summed E-state index contributed by atoms with van der Waals surface area (Å²) in [7, 11) is 1.61. The number of amides is 1. The quantitative estimate of drug-likeness (QED) is 0.494. The van der Waals surface area contributed by atoms with Crippen molar-refractivity contribution in [1.29, 1.82) is 0 Å². The number of carbonyl (C=O) groups excluding carboxylic acids is 1. The minimum atomic E-state index is -0.330. The highest BCUT2D eigenvalue weighted by Gasteiger charge is 2.32. The molecule has 3 aromatic rings. The van der Waals surface area contributed by atoms with Gasteiger partial charge >= 0.3 is 0 Å². The number of ether oxygens (including phenoxy) is 1. The van der Waals surface area contributed by atoms with Gasteiger partial charge in [-0.3, -0.25) is 9.69 Å². The van der Waals surface area contributed by atoms with Crippen molar-refractivity contribution in [3.8, 4) is 17.1 Å². The monoisotopic (exact) mass is 422 g/mol. The molecule has 0 aliphatic carbocycles. The summed E-state index contributed by atoms with van der Waals surface area (Å²) in [4.78, 5) is 19.6. The molecule has 2 heterocycles. The van der Waals surface area contributed by atoms with E-state index < -0.39 is 0 Å². The molecule has 0 spiro atoms. The summed E-state index contributed by atoms with van der Waals surface area (Å²) >= 11 is 1.29. The molecule has 0 N–H and O–H groups in total. The Morgan fingerprint density at radius 3 is 2.67 bits per heavy atom. The topological polar surface area (TPSA) is 55.0 Å². The van der Waals surface area contributed by atoms with E-state index in [9.17, 15) is 9.18 Å². The summed E-state index contributed by atoms with van der Waals surface area (Å²) in [5.74, 6) is 1.35. The minimum absolute atomic E-state index is 0.126. The summed E-state index contributed by atoms with van der Waals surface area (Å²) in [6.45, 7) is 2.41. The molecule has 2 aromatic carbocycles. The second-order valence-corrected chi connectivity index (χ2v) is 7.47. The normalized spacial score (nSPS) is 16.6. The first-order valence-corrected chi connectivity index (χ1v) is 10.2. The van der Waals surface area contributed by atoms with E-state index in [-0.39, 0.29) is 11.7 Å². The zero-order valence-corrected chi connectivity index (χ0v) is 17.3. The number of amidine groups is 1. The lowest BCUT2D eigenvalue weighted by Crippen LogP contribution is -2.28. The van der Waals surface area contributed by atoms with E-state index >= 15 is 0 Å². The van der Waals surface area contributed by atoms with Crippen molar-refractivity contribution < 1.29 is 18.3 Å². The van der Waals surface area contributed by atoms with Crippen LogP contribution in [0.4, 0.5) is 10.1 Å². The number of furan rings is 1. The second-order valence-electron chi connectivity index (χ2n) is 6.46. The minimum Gasteiger partial charge on any atom is -0.497 e. The van der Waals surface area contributed by atoms with Crippen LogP contribution in [0.1, 0.15) is 12.7 Å². The lowest BCUT2D eigenvalue weighted by atomic mass is 10.2. The molecule has 30 heavy (non-hydrogen) atoms. The maximum Gasteiger partial charge on any atom is 0.266 e. The van der Waals surface area contributed by atoms with E-state index in [0.717, 1.165) is 11.4 Å². The summed E-state index contributed by atoms with van der Waals surface area (Å²) in [5, 5.41) is 0.607. The molecule has 1 aliphatic heterocycles. The molecular formula is C23H19FN2O3S. The van der Waals surface area contributed by atoms with Gasteiger partial charge in [-0.25, -0.2) is 9.38 Å². The Balaban J connectivity index is 1.59. The Bertz CT molecular complexity index is 1140. The third kappa shape index (κ3) is 4.16. The smallest absolute Gasteiger partial charge is 0.266 e. The van der Waals surface area contributed by atoms with Crippen LogP contribution in [-0.2, 0) is 4.79 Å². The number of aliphatic imine (C=N–C) groups is 1. The molecule has 1 aliphatic rings. The van der Waals surface area contributed by atoms with Crippen molar-refractivity contribution in [1.82, 2.24) is 4.90 Å². The first-order chi connectivity index (χ1) is 14.6. The zero-order chi connectivity index (χ0) is 21.1. The van der Waals surface area contributed by atoms with Crippen LogP contribution in [0.2, 0.25) is 0 Å². The molecule has 4 rings (SSSR count). The van der Waals surface area contributed by atoms with Gasteiger partial charge in [0.05, 0.1) is 17.7 Å². The maximum absolute atomic E-state index is 13.5. The summed E-state index contributed by atoms with van der Waals surface area (Å²) in [6.07, 6.45) is 1.69. The predicted molar refractivity (Wildman–Crippen MR) is 117 cm³/mol. The van der Waals surface area contributed by atoms with E-state index in [1.807, 2.05) is 31.2 Å². The average Bonchev–Trinajstić information content (AvgIpc) is 3.33. The van der Waals surface area contributed by atoms with Gasteiger partial charge in [-0.1, -0.05) is 12.1 Å². The Morgan fingerprint density at radius 1 is 1.17 bits per heavy atom. The lowest BCUT2D eigenvalue weighted by Gasteiger charge is -2.12. The van der Waals surface area contributed by atoms with Gasteiger partial charge in [0.25, 0.3) is 5.91 Å². The van der Waals surface area contributed by atoms with Crippen molar-refractivity contribution >= 4 is 34.6 Å². The molecule has 1 fully saturated rings. The van der Waals surface area contributed by atoms with Crippen molar-refractivity contribution in [2.45, 2.75) is 6.92 Å². The van der Waals surface area contributed by atoms with Crippen molar-refractivity contribution in [3.05, 3.63) is 77.1 Å². The molecule has 0 radical (unpaired) electrons. The molecule has 1 amide bonds. The predicted octanol–water partition coefficient (Wildman–Crippen LogP) is 5.72. The molecule has 0 bridgehead atoms. The van der Waals surface area contributed by atoms with Crippen LogP contribution >= 0.6 is 11.8 Å². The number of hydrogen-bond donors (Lipinski definition) is 0. The van der Waals surface area contributed by atoms with E-state index in [2.05, 4.69) is 4.99 Å². The maximum atomic E-state index is 13.5. The largest absolute Gasteiger partial charge is 0.497 e. The molecule has 0 unspecified atom stereocenters. The van der Waals surface area contributed by atoms with Gasteiger partial charge in [0.2, 0.25) is 0 Å². The Kier molecular flexibility index (Phi) is 5.72. The van der Waals surface area contributed by atoms with E-state index in [4.69, 9.17) is 9.15 Å². The highest BCUT2D eigenvalue weighted by molar-refractivity contribution is 8.18. The highest BCUT2D eigenvalue weighted by Crippen LogP contribution is 2.35. The van der Waals surface area contributed by atoms with E-state index in [1.165, 1.54) is 23.9 Å². The number of hydrogen-bond acceptors (Lipinski definition) is 5. The number of nitrogens with zero attached hydrogens (tertiary/aromatic N) is 2. The van der Waals surface area contributed by atoms with Gasteiger partial charge in [-0.15, -0.1) is 0 Å². The standard InChI is InChI=1S/C23H19FN2O3S/c1-3-26-22(27)21(30-23(26)25-17-7-9-18(28-2)10-8-17)14-19-11-12-20(29-19)15-5-4-6-16(24)13-15/h4-14H,3H2,1-2H3/b21-14+,25-23?. The van der Waals surface area contributed by atoms with Crippen LogP contribution in [0.3, 0.4) is 0 Å².